The van der Waals surface area contributed by atoms with E-state index >= 15 is 0 Å². The molecule has 2 aromatic carbocycles. The molecule has 98 valence electrons. The molecule has 0 fully saturated rings. The van der Waals surface area contributed by atoms with E-state index in [0.717, 1.165) is 0 Å². The van der Waals surface area contributed by atoms with Gasteiger partial charge in [-0.3, -0.25) is 4.79 Å². The first kappa shape index (κ1) is 12.9. The lowest BCUT2D eigenvalue weighted by Gasteiger charge is -2.12. The lowest BCUT2D eigenvalue weighted by molar-refractivity contribution is 0.0996. The summed E-state index contributed by atoms with van der Waals surface area (Å²) in [6.07, 6.45) is 0. The first-order valence-corrected chi connectivity index (χ1v) is 5.64. The minimum atomic E-state index is -0.643. The fourth-order valence-electron chi connectivity index (χ4n) is 1.68. The predicted molar refractivity (Wildman–Crippen MR) is 70.1 cm³/mol. The van der Waals surface area contributed by atoms with Gasteiger partial charge in [0.25, 0.3) is 5.91 Å². The summed E-state index contributed by atoms with van der Waals surface area (Å²) in [6.45, 7) is -0.0266. The van der Waals surface area contributed by atoms with Crippen LogP contribution in [0.3, 0.4) is 0 Å². The van der Waals surface area contributed by atoms with Crippen LogP contribution >= 0.6 is 0 Å². The summed E-state index contributed by atoms with van der Waals surface area (Å²) in [4.78, 5) is 11.3. The lowest BCUT2D eigenvalue weighted by atomic mass is 10.1. The van der Waals surface area contributed by atoms with Crippen molar-refractivity contribution in [3.8, 4) is 5.75 Å². The van der Waals surface area contributed by atoms with Gasteiger partial charge in [0.1, 0.15) is 12.4 Å². The standard InChI is InChI=1S/C14H13FN2O2/c15-11-6-2-1-4-9(11)8-19-13-10(14(17)18)5-3-7-12(13)16/h1-7H,8,16H2,(H2,17,18). The Balaban J connectivity index is 2.25. The zero-order valence-electron chi connectivity index (χ0n) is 10.1. The minimum absolute atomic E-state index is 0.0266. The summed E-state index contributed by atoms with van der Waals surface area (Å²) >= 11 is 0. The van der Waals surface area contributed by atoms with Crippen LogP contribution in [0.5, 0.6) is 5.75 Å². The van der Waals surface area contributed by atoms with Gasteiger partial charge in [-0.25, -0.2) is 4.39 Å². The van der Waals surface area contributed by atoms with E-state index in [1.54, 1.807) is 30.3 Å². The summed E-state index contributed by atoms with van der Waals surface area (Å²) in [5, 5.41) is 0. The molecule has 1 amide bonds. The molecule has 0 aliphatic heterocycles. The van der Waals surface area contributed by atoms with Crippen molar-refractivity contribution in [2.24, 2.45) is 5.73 Å². The number of carbonyl (C=O) groups is 1. The van der Waals surface area contributed by atoms with Gasteiger partial charge in [0.05, 0.1) is 11.3 Å². The third kappa shape index (κ3) is 2.82. The van der Waals surface area contributed by atoms with Crippen molar-refractivity contribution >= 4 is 11.6 Å². The van der Waals surface area contributed by atoms with Crippen molar-refractivity contribution in [1.82, 2.24) is 0 Å². The van der Waals surface area contributed by atoms with Crippen molar-refractivity contribution in [3.63, 3.8) is 0 Å². The van der Waals surface area contributed by atoms with E-state index in [4.69, 9.17) is 16.2 Å². The molecule has 5 heteroatoms. The largest absolute Gasteiger partial charge is 0.486 e. The van der Waals surface area contributed by atoms with Crippen molar-refractivity contribution in [2.75, 3.05) is 5.73 Å². The Labute approximate surface area is 109 Å². The molecule has 0 aromatic heterocycles. The number of primary amides is 1. The Bertz CT molecular complexity index is 614. The third-order valence-electron chi connectivity index (χ3n) is 2.64. The molecule has 19 heavy (non-hydrogen) atoms. The number of rotatable bonds is 4. The monoisotopic (exact) mass is 260 g/mol. The van der Waals surface area contributed by atoms with Crippen LogP contribution in [0.2, 0.25) is 0 Å². The zero-order chi connectivity index (χ0) is 13.8. The maximum atomic E-state index is 13.4. The summed E-state index contributed by atoms with van der Waals surface area (Å²) in [7, 11) is 0. The molecule has 0 saturated carbocycles. The lowest BCUT2D eigenvalue weighted by Crippen LogP contribution is -2.14. The molecule has 0 atom stereocenters. The molecule has 0 radical (unpaired) electrons. The van der Waals surface area contributed by atoms with Gasteiger partial charge in [0.2, 0.25) is 0 Å². The number of benzene rings is 2. The quantitative estimate of drug-likeness (QED) is 0.826. The van der Waals surface area contributed by atoms with Crippen LogP contribution in [0.1, 0.15) is 15.9 Å². The number of anilines is 1. The average Bonchev–Trinajstić information content (AvgIpc) is 2.38. The maximum Gasteiger partial charge on any atom is 0.252 e. The number of para-hydroxylation sites is 1. The topological polar surface area (TPSA) is 78.3 Å². The number of carbonyl (C=O) groups excluding carboxylic acids is 1. The normalized spacial score (nSPS) is 10.2. The molecular formula is C14H13FN2O2. The van der Waals surface area contributed by atoms with E-state index in [0.29, 0.717) is 5.56 Å². The highest BCUT2D eigenvalue weighted by Gasteiger charge is 2.13. The Hall–Kier alpha value is -2.56. The molecule has 2 aromatic rings. The maximum absolute atomic E-state index is 13.4. The highest BCUT2D eigenvalue weighted by molar-refractivity contribution is 5.97. The van der Waals surface area contributed by atoms with Crippen molar-refractivity contribution in [1.29, 1.82) is 0 Å². The molecule has 0 saturated heterocycles. The molecule has 0 unspecified atom stereocenters. The molecule has 0 bridgehead atoms. The van der Waals surface area contributed by atoms with Crippen LogP contribution in [0.25, 0.3) is 0 Å². The zero-order valence-corrected chi connectivity index (χ0v) is 10.1. The van der Waals surface area contributed by atoms with Gasteiger partial charge in [0.15, 0.2) is 5.75 Å². The van der Waals surface area contributed by atoms with Crippen LogP contribution in [-0.4, -0.2) is 5.91 Å². The number of nitrogens with two attached hydrogens (primary N) is 2. The second-order valence-electron chi connectivity index (χ2n) is 3.97. The summed E-state index contributed by atoms with van der Waals surface area (Å²) in [5.41, 5.74) is 11.8. The Morgan fingerprint density at radius 2 is 1.89 bits per heavy atom. The molecule has 4 N–H and O–H groups in total. The van der Waals surface area contributed by atoms with Crippen LogP contribution in [0.4, 0.5) is 10.1 Å². The molecule has 0 spiro atoms. The fraction of sp³-hybridized carbons (Fsp3) is 0.0714. The number of amides is 1. The molecule has 2 rings (SSSR count). The fourth-order valence-corrected chi connectivity index (χ4v) is 1.68. The van der Waals surface area contributed by atoms with E-state index in [1.807, 2.05) is 0 Å². The molecule has 0 heterocycles. The highest BCUT2D eigenvalue weighted by Crippen LogP contribution is 2.27. The van der Waals surface area contributed by atoms with Crippen LogP contribution in [0, 0.1) is 5.82 Å². The van der Waals surface area contributed by atoms with E-state index in [-0.39, 0.29) is 29.4 Å². The van der Waals surface area contributed by atoms with E-state index < -0.39 is 5.91 Å². The van der Waals surface area contributed by atoms with Gasteiger partial charge in [-0.15, -0.1) is 0 Å². The number of hydrogen-bond acceptors (Lipinski definition) is 3. The second kappa shape index (κ2) is 5.39. The van der Waals surface area contributed by atoms with Crippen molar-refractivity contribution in [3.05, 3.63) is 59.4 Å². The van der Waals surface area contributed by atoms with E-state index in [9.17, 15) is 9.18 Å². The first-order chi connectivity index (χ1) is 9.09. The van der Waals surface area contributed by atoms with Gasteiger partial charge in [-0.1, -0.05) is 24.3 Å². The number of halogens is 1. The Morgan fingerprint density at radius 3 is 2.58 bits per heavy atom. The van der Waals surface area contributed by atoms with Gasteiger partial charge >= 0.3 is 0 Å². The van der Waals surface area contributed by atoms with Gasteiger partial charge in [-0.05, 0) is 18.2 Å². The Morgan fingerprint density at radius 1 is 1.16 bits per heavy atom. The van der Waals surface area contributed by atoms with E-state index in [1.165, 1.54) is 12.1 Å². The summed E-state index contributed by atoms with van der Waals surface area (Å²) < 4.78 is 18.9. The van der Waals surface area contributed by atoms with Crippen LogP contribution < -0.4 is 16.2 Å². The SMILES string of the molecule is NC(=O)c1cccc(N)c1OCc1ccccc1F. The van der Waals surface area contributed by atoms with Crippen LogP contribution in [0.15, 0.2) is 42.5 Å². The van der Waals surface area contributed by atoms with Gasteiger partial charge < -0.3 is 16.2 Å². The summed E-state index contributed by atoms with van der Waals surface area (Å²) in [5.74, 6) is -0.841. The number of hydrogen-bond donors (Lipinski definition) is 2. The second-order valence-corrected chi connectivity index (χ2v) is 3.97. The first-order valence-electron chi connectivity index (χ1n) is 5.64. The van der Waals surface area contributed by atoms with E-state index in [2.05, 4.69) is 0 Å². The van der Waals surface area contributed by atoms with Crippen molar-refractivity contribution < 1.29 is 13.9 Å². The molecular weight excluding hydrogens is 247 g/mol. The predicted octanol–water partition coefficient (Wildman–Crippen LogP) is 2.09. The molecule has 4 nitrogen and oxygen atoms in total. The number of nitrogen functional groups attached to an aromatic ring is 1. The summed E-state index contributed by atoms with van der Waals surface area (Å²) in [6, 6.07) is 10.9. The van der Waals surface area contributed by atoms with Gasteiger partial charge in [-0.2, -0.15) is 0 Å². The molecule has 0 aliphatic carbocycles. The highest BCUT2D eigenvalue weighted by atomic mass is 19.1. The number of ether oxygens (including phenoxy) is 1. The van der Waals surface area contributed by atoms with Gasteiger partial charge in [0, 0.05) is 5.56 Å². The van der Waals surface area contributed by atoms with Crippen LogP contribution in [-0.2, 0) is 6.61 Å². The Kier molecular flexibility index (Phi) is 3.66. The molecule has 0 aliphatic rings. The minimum Gasteiger partial charge on any atom is -0.486 e. The average molecular weight is 260 g/mol. The smallest absolute Gasteiger partial charge is 0.252 e. The third-order valence-corrected chi connectivity index (χ3v) is 2.64. The van der Waals surface area contributed by atoms with Crippen molar-refractivity contribution in [2.45, 2.75) is 6.61 Å².